The van der Waals surface area contributed by atoms with E-state index < -0.39 is 0 Å². The number of nitrogens with zero attached hydrogens (tertiary/aromatic N) is 4. The fourth-order valence-corrected chi connectivity index (χ4v) is 3.07. The quantitative estimate of drug-likeness (QED) is 0.525. The number of pyridine rings is 2. The highest BCUT2D eigenvalue weighted by molar-refractivity contribution is 6.30. The van der Waals surface area contributed by atoms with E-state index in [4.69, 9.17) is 11.6 Å². The minimum absolute atomic E-state index is 0.189. The Labute approximate surface area is 161 Å². The second kappa shape index (κ2) is 7.21. The van der Waals surface area contributed by atoms with Gasteiger partial charge in [-0.3, -0.25) is 9.78 Å². The minimum Gasteiger partial charge on any atom is -0.304 e. The summed E-state index contributed by atoms with van der Waals surface area (Å²) in [6, 6.07) is 18.6. The highest BCUT2D eigenvalue weighted by Gasteiger charge is 2.21. The number of imidazole rings is 1. The molecule has 3 heterocycles. The zero-order chi connectivity index (χ0) is 18.8. The van der Waals surface area contributed by atoms with Crippen molar-refractivity contribution in [2.75, 3.05) is 4.90 Å². The monoisotopic (exact) mass is 376 g/mol. The van der Waals surface area contributed by atoms with Crippen LogP contribution in [0.2, 0.25) is 5.02 Å². The van der Waals surface area contributed by atoms with Crippen molar-refractivity contribution in [2.45, 2.75) is 13.5 Å². The number of benzene rings is 1. The Balaban J connectivity index is 1.75. The maximum Gasteiger partial charge on any atom is 0.278 e. The average Bonchev–Trinajstić information content (AvgIpc) is 3.13. The first-order valence-electron chi connectivity index (χ1n) is 8.54. The van der Waals surface area contributed by atoms with E-state index in [0.29, 0.717) is 17.3 Å². The smallest absolute Gasteiger partial charge is 0.278 e. The van der Waals surface area contributed by atoms with Gasteiger partial charge in [-0.25, -0.2) is 4.98 Å². The first-order chi connectivity index (χ1) is 13.1. The van der Waals surface area contributed by atoms with Crippen molar-refractivity contribution in [1.29, 1.82) is 0 Å². The largest absolute Gasteiger partial charge is 0.304 e. The molecule has 6 heteroatoms. The Morgan fingerprint density at radius 2 is 1.89 bits per heavy atom. The van der Waals surface area contributed by atoms with E-state index in [9.17, 15) is 4.79 Å². The maximum atomic E-state index is 13.3. The average molecular weight is 377 g/mol. The number of carbonyl (C=O) groups is 1. The van der Waals surface area contributed by atoms with Crippen LogP contribution >= 0.6 is 11.6 Å². The second-order valence-corrected chi connectivity index (χ2v) is 6.65. The molecule has 0 N–H and O–H groups in total. The van der Waals surface area contributed by atoms with Gasteiger partial charge in [-0.1, -0.05) is 23.7 Å². The molecule has 5 nitrogen and oxygen atoms in total. The molecule has 1 amide bonds. The molecule has 4 rings (SSSR count). The fraction of sp³-hybridized carbons (Fsp3) is 0.0952. The van der Waals surface area contributed by atoms with Gasteiger partial charge in [0.15, 0.2) is 0 Å². The number of aromatic nitrogens is 3. The zero-order valence-electron chi connectivity index (χ0n) is 14.7. The van der Waals surface area contributed by atoms with E-state index in [1.54, 1.807) is 29.4 Å². The van der Waals surface area contributed by atoms with Gasteiger partial charge in [0.1, 0.15) is 11.3 Å². The van der Waals surface area contributed by atoms with Crippen molar-refractivity contribution < 1.29 is 4.79 Å². The van der Waals surface area contributed by atoms with E-state index in [2.05, 4.69) is 9.97 Å². The molecule has 134 valence electrons. The molecule has 0 radical (unpaired) electrons. The normalized spacial score (nSPS) is 10.9. The van der Waals surface area contributed by atoms with Gasteiger partial charge in [0, 0.05) is 28.8 Å². The van der Waals surface area contributed by atoms with Crippen molar-refractivity contribution >= 4 is 28.8 Å². The summed E-state index contributed by atoms with van der Waals surface area (Å²) in [5.74, 6) is -0.189. The van der Waals surface area contributed by atoms with Crippen molar-refractivity contribution in [3.63, 3.8) is 0 Å². The molecular weight excluding hydrogens is 360 g/mol. The van der Waals surface area contributed by atoms with E-state index >= 15 is 0 Å². The zero-order valence-corrected chi connectivity index (χ0v) is 15.5. The van der Waals surface area contributed by atoms with Gasteiger partial charge in [0.2, 0.25) is 0 Å². The van der Waals surface area contributed by atoms with Gasteiger partial charge >= 0.3 is 0 Å². The number of anilines is 1. The van der Waals surface area contributed by atoms with Gasteiger partial charge in [-0.2, -0.15) is 0 Å². The summed E-state index contributed by atoms with van der Waals surface area (Å²) in [4.78, 5) is 23.8. The van der Waals surface area contributed by atoms with Gasteiger partial charge < -0.3 is 9.30 Å². The Hall–Kier alpha value is -3.18. The molecule has 0 aliphatic rings. The molecule has 27 heavy (non-hydrogen) atoms. The third-order valence-electron chi connectivity index (χ3n) is 4.34. The number of carbonyl (C=O) groups excluding carboxylic acids is 1. The summed E-state index contributed by atoms with van der Waals surface area (Å²) in [5.41, 5.74) is 3.67. The van der Waals surface area contributed by atoms with E-state index in [1.165, 1.54) is 0 Å². The molecule has 0 aliphatic carbocycles. The number of hydrogen-bond acceptors (Lipinski definition) is 3. The van der Waals surface area contributed by atoms with Crippen LogP contribution in [0.1, 0.15) is 21.9 Å². The predicted molar refractivity (Wildman–Crippen MR) is 106 cm³/mol. The molecule has 0 unspecified atom stereocenters. The third-order valence-corrected chi connectivity index (χ3v) is 4.60. The standard InChI is InChI=1S/C21H17ClN4O/c1-15-5-4-7-20-24-19(14-25(15)20)21(27)26(13-17-6-2-3-12-23-17)18-10-8-16(22)9-11-18/h2-12,14H,13H2,1H3. The third kappa shape index (κ3) is 3.55. The van der Waals surface area contributed by atoms with Crippen molar-refractivity contribution in [3.05, 3.63) is 95.2 Å². The predicted octanol–water partition coefficient (Wildman–Crippen LogP) is 4.54. The first kappa shape index (κ1) is 17.2. The number of fused-ring (bicyclic) bond motifs is 1. The van der Waals surface area contributed by atoms with Crippen LogP contribution in [-0.4, -0.2) is 20.3 Å². The summed E-state index contributed by atoms with van der Waals surface area (Å²) in [6.07, 6.45) is 3.49. The number of amides is 1. The van der Waals surface area contributed by atoms with Crippen LogP contribution in [0.25, 0.3) is 5.65 Å². The Bertz CT molecular complexity index is 1090. The first-order valence-corrected chi connectivity index (χ1v) is 8.92. The van der Waals surface area contributed by atoms with Crippen LogP contribution in [0.5, 0.6) is 0 Å². The van der Waals surface area contributed by atoms with Crippen molar-refractivity contribution in [1.82, 2.24) is 14.4 Å². The molecule has 0 saturated heterocycles. The lowest BCUT2D eigenvalue weighted by Gasteiger charge is -2.21. The van der Waals surface area contributed by atoms with E-state index in [-0.39, 0.29) is 5.91 Å². The van der Waals surface area contributed by atoms with Crippen molar-refractivity contribution in [2.24, 2.45) is 0 Å². The summed E-state index contributed by atoms with van der Waals surface area (Å²) >= 11 is 6.01. The van der Waals surface area contributed by atoms with E-state index in [0.717, 1.165) is 22.7 Å². The maximum absolute atomic E-state index is 13.3. The Kier molecular flexibility index (Phi) is 4.60. The molecule has 0 fully saturated rings. The summed E-state index contributed by atoms with van der Waals surface area (Å²) in [6.45, 7) is 2.32. The van der Waals surface area contributed by atoms with Gasteiger partial charge in [-0.15, -0.1) is 0 Å². The van der Waals surface area contributed by atoms with Gasteiger partial charge in [0.05, 0.1) is 12.2 Å². The summed E-state index contributed by atoms with van der Waals surface area (Å²) in [7, 11) is 0. The lowest BCUT2D eigenvalue weighted by Crippen LogP contribution is -2.31. The molecule has 1 aromatic carbocycles. The lowest BCUT2D eigenvalue weighted by molar-refractivity contribution is 0.0980. The van der Waals surface area contributed by atoms with Crippen LogP contribution in [0, 0.1) is 6.92 Å². The van der Waals surface area contributed by atoms with Crippen LogP contribution in [-0.2, 0) is 6.54 Å². The minimum atomic E-state index is -0.189. The fourth-order valence-electron chi connectivity index (χ4n) is 2.94. The molecule has 0 bridgehead atoms. The molecule has 0 atom stereocenters. The highest BCUT2D eigenvalue weighted by Crippen LogP contribution is 2.22. The molecule has 0 spiro atoms. The summed E-state index contributed by atoms with van der Waals surface area (Å²) in [5, 5.41) is 0.618. The second-order valence-electron chi connectivity index (χ2n) is 6.21. The Morgan fingerprint density at radius 1 is 1.07 bits per heavy atom. The molecule has 0 saturated carbocycles. The lowest BCUT2D eigenvalue weighted by atomic mass is 10.2. The van der Waals surface area contributed by atoms with E-state index in [1.807, 2.05) is 59.9 Å². The van der Waals surface area contributed by atoms with Gasteiger partial charge in [-0.05, 0) is 55.5 Å². The van der Waals surface area contributed by atoms with Crippen LogP contribution in [0.3, 0.4) is 0 Å². The SMILES string of the molecule is Cc1cccc2nc(C(=O)N(Cc3ccccn3)c3ccc(Cl)cc3)cn12. The number of rotatable bonds is 4. The topological polar surface area (TPSA) is 50.5 Å². The molecular formula is C21H17ClN4O. The number of halogens is 1. The Morgan fingerprint density at radius 3 is 2.59 bits per heavy atom. The van der Waals surface area contributed by atoms with Crippen LogP contribution < -0.4 is 4.90 Å². The van der Waals surface area contributed by atoms with Gasteiger partial charge in [0.25, 0.3) is 5.91 Å². The highest BCUT2D eigenvalue weighted by atomic mass is 35.5. The molecule has 0 aliphatic heterocycles. The molecule has 3 aromatic heterocycles. The number of aryl methyl sites for hydroxylation is 1. The summed E-state index contributed by atoms with van der Waals surface area (Å²) < 4.78 is 1.91. The van der Waals surface area contributed by atoms with Crippen LogP contribution in [0.15, 0.2) is 73.1 Å². The molecule has 4 aromatic rings. The van der Waals surface area contributed by atoms with Crippen LogP contribution in [0.4, 0.5) is 5.69 Å². The number of hydrogen-bond donors (Lipinski definition) is 0. The van der Waals surface area contributed by atoms with Crippen molar-refractivity contribution in [3.8, 4) is 0 Å².